The van der Waals surface area contributed by atoms with Gasteiger partial charge in [0.1, 0.15) is 5.75 Å². The van der Waals surface area contributed by atoms with Gasteiger partial charge in [0.05, 0.1) is 5.52 Å². The van der Waals surface area contributed by atoms with Crippen molar-refractivity contribution in [2.24, 2.45) is 0 Å². The lowest BCUT2D eigenvalue weighted by atomic mass is 9.92. The molecule has 0 aliphatic heterocycles. The summed E-state index contributed by atoms with van der Waals surface area (Å²) in [4.78, 5) is 31.8. The van der Waals surface area contributed by atoms with Crippen LogP contribution in [0.1, 0.15) is 81.5 Å². The van der Waals surface area contributed by atoms with Gasteiger partial charge in [-0.1, -0.05) is 37.3 Å². The zero-order chi connectivity index (χ0) is 29.3. The molecule has 0 unspecified atom stereocenters. The van der Waals surface area contributed by atoms with Crippen molar-refractivity contribution in [3.63, 3.8) is 0 Å². The third-order valence-electron chi connectivity index (χ3n) is 8.07. The second-order valence-corrected chi connectivity index (χ2v) is 11.7. The van der Waals surface area contributed by atoms with E-state index in [9.17, 15) is 9.59 Å². The van der Waals surface area contributed by atoms with E-state index in [1.165, 1.54) is 36.7 Å². The van der Waals surface area contributed by atoms with E-state index < -0.39 is 0 Å². The number of anilines is 1. The number of ether oxygens (including phenoxy) is 1. The molecule has 222 valence electrons. The van der Waals surface area contributed by atoms with E-state index in [1.54, 1.807) is 0 Å². The van der Waals surface area contributed by atoms with Crippen LogP contribution in [0.25, 0.3) is 21.8 Å². The number of carbonyl (C=O) groups excluding carboxylic acids is 2. The Hall–Kier alpha value is -3.58. The average molecular weight is 589 g/mol. The summed E-state index contributed by atoms with van der Waals surface area (Å²) >= 11 is 6.33. The molecule has 0 radical (unpaired) electrons. The minimum atomic E-state index is -0.193. The van der Waals surface area contributed by atoms with Crippen LogP contribution >= 0.6 is 11.6 Å². The average Bonchev–Trinajstić information content (AvgIpc) is 3.37. The van der Waals surface area contributed by atoms with E-state index in [0.717, 1.165) is 90.3 Å². The Morgan fingerprint density at radius 3 is 2.62 bits per heavy atom. The first-order valence-corrected chi connectivity index (χ1v) is 15.8. The smallest absolute Gasteiger partial charge is 0.311 e. The van der Waals surface area contributed by atoms with Crippen LogP contribution in [0.2, 0.25) is 5.02 Å². The number of fused-ring (bicyclic) bond motifs is 3. The molecule has 5 rings (SSSR count). The van der Waals surface area contributed by atoms with Gasteiger partial charge in [-0.25, -0.2) is 0 Å². The molecule has 0 saturated carbocycles. The molecule has 0 bridgehead atoms. The number of esters is 1. The minimum Gasteiger partial charge on any atom is -0.427 e. The first-order valence-electron chi connectivity index (χ1n) is 15.4. The highest BCUT2D eigenvalue weighted by Crippen LogP contribution is 2.34. The number of halogens is 1. The van der Waals surface area contributed by atoms with Crippen LogP contribution < -0.4 is 15.4 Å². The first kappa shape index (κ1) is 29.9. The fourth-order valence-corrected chi connectivity index (χ4v) is 6.07. The monoisotopic (exact) mass is 588 g/mol. The molecule has 1 aliphatic carbocycles. The Balaban J connectivity index is 0.998. The van der Waals surface area contributed by atoms with Gasteiger partial charge < -0.3 is 20.4 Å². The van der Waals surface area contributed by atoms with Gasteiger partial charge in [-0.15, -0.1) is 0 Å². The number of carbonyl (C=O) groups is 2. The minimum absolute atomic E-state index is 0.0414. The number of unbranched alkanes of at least 4 members (excludes halogenated alkanes) is 5. The SMILES string of the molecule is CC(=O)NCCc1c[nH]c2ccc(OC(=O)CCCCCCCCNc3c4c(nc5ccc(Cl)cc35)CCCC4)cc12. The lowest BCUT2D eigenvalue weighted by Gasteiger charge is -2.22. The Morgan fingerprint density at radius 2 is 1.76 bits per heavy atom. The molecule has 1 amide bonds. The van der Waals surface area contributed by atoms with E-state index in [1.807, 2.05) is 42.6 Å². The lowest BCUT2D eigenvalue weighted by molar-refractivity contribution is -0.134. The number of hydrogen-bond acceptors (Lipinski definition) is 5. The Labute approximate surface area is 252 Å². The van der Waals surface area contributed by atoms with Crippen LogP contribution in [0.4, 0.5) is 5.69 Å². The quantitative estimate of drug-likeness (QED) is 0.0797. The Morgan fingerprint density at radius 1 is 0.952 bits per heavy atom. The summed E-state index contributed by atoms with van der Waals surface area (Å²) in [5.74, 6) is 0.327. The number of hydrogen-bond donors (Lipinski definition) is 3. The summed E-state index contributed by atoms with van der Waals surface area (Å²) < 4.78 is 5.63. The van der Waals surface area contributed by atoms with E-state index in [-0.39, 0.29) is 11.9 Å². The normalized spacial score (nSPS) is 12.8. The van der Waals surface area contributed by atoms with E-state index in [2.05, 4.69) is 15.6 Å². The van der Waals surface area contributed by atoms with Crippen molar-refractivity contribution in [2.45, 2.75) is 84.0 Å². The molecule has 1 aliphatic rings. The van der Waals surface area contributed by atoms with Crippen molar-refractivity contribution in [1.82, 2.24) is 15.3 Å². The van der Waals surface area contributed by atoms with Gasteiger partial charge in [0.25, 0.3) is 0 Å². The molecular weight excluding hydrogens is 548 g/mol. The fraction of sp³-hybridized carbons (Fsp3) is 0.441. The molecule has 2 aromatic carbocycles. The van der Waals surface area contributed by atoms with Crippen LogP contribution in [0, 0.1) is 0 Å². The molecule has 42 heavy (non-hydrogen) atoms. The summed E-state index contributed by atoms with van der Waals surface area (Å²) in [6, 6.07) is 11.6. The van der Waals surface area contributed by atoms with Gasteiger partial charge in [-0.3, -0.25) is 14.6 Å². The molecule has 0 saturated heterocycles. The number of nitrogens with zero attached hydrogens (tertiary/aromatic N) is 1. The molecule has 0 fully saturated rings. The van der Waals surface area contributed by atoms with E-state index >= 15 is 0 Å². The predicted molar refractivity (Wildman–Crippen MR) is 171 cm³/mol. The second kappa shape index (κ2) is 14.5. The number of benzene rings is 2. The third kappa shape index (κ3) is 7.82. The lowest BCUT2D eigenvalue weighted by Crippen LogP contribution is -2.22. The number of amides is 1. The summed E-state index contributed by atoms with van der Waals surface area (Å²) in [6.45, 7) is 3.02. The van der Waals surface area contributed by atoms with E-state index in [0.29, 0.717) is 25.1 Å². The summed E-state index contributed by atoms with van der Waals surface area (Å²) in [5, 5.41) is 9.44. The molecule has 0 atom stereocenters. The van der Waals surface area contributed by atoms with Gasteiger partial charge >= 0.3 is 5.97 Å². The number of aryl methyl sites for hydroxylation is 1. The van der Waals surface area contributed by atoms with Gasteiger partial charge in [-0.05, 0) is 92.5 Å². The van der Waals surface area contributed by atoms with Gasteiger partial charge in [0, 0.05) is 65.3 Å². The highest BCUT2D eigenvalue weighted by atomic mass is 35.5. The fourth-order valence-electron chi connectivity index (χ4n) is 5.90. The first-order chi connectivity index (χ1) is 20.5. The topological polar surface area (TPSA) is 96.1 Å². The van der Waals surface area contributed by atoms with Crippen molar-refractivity contribution in [2.75, 3.05) is 18.4 Å². The van der Waals surface area contributed by atoms with Gasteiger partial charge in [-0.2, -0.15) is 0 Å². The van der Waals surface area contributed by atoms with Gasteiger partial charge in [0.15, 0.2) is 0 Å². The van der Waals surface area contributed by atoms with Crippen molar-refractivity contribution in [3.05, 3.63) is 64.4 Å². The zero-order valence-electron chi connectivity index (χ0n) is 24.5. The standard InChI is InChI=1S/C34H41ClN4O3/c1-23(40)36-19-17-24-22-38-30-16-14-26(21-28(24)30)42-33(41)12-6-4-2-3-5-9-18-37-34-27-10-7-8-11-31(27)39-32-15-13-25(35)20-29(32)34/h13-16,20-22,38H,2-12,17-19H2,1H3,(H,36,40)(H,37,39). The van der Waals surface area contributed by atoms with Crippen molar-refractivity contribution in [3.8, 4) is 5.75 Å². The maximum Gasteiger partial charge on any atom is 0.311 e. The van der Waals surface area contributed by atoms with Crippen LogP contribution in [0.15, 0.2) is 42.6 Å². The molecule has 7 nitrogen and oxygen atoms in total. The van der Waals surface area contributed by atoms with Crippen LogP contribution in [0.5, 0.6) is 5.75 Å². The Kier molecular flexibility index (Phi) is 10.4. The third-order valence-corrected chi connectivity index (χ3v) is 8.31. The largest absolute Gasteiger partial charge is 0.427 e. The number of H-pyrrole nitrogens is 1. The summed E-state index contributed by atoms with van der Waals surface area (Å²) in [6.07, 6.45) is 14.0. The maximum absolute atomic E-state index is 12.4. The highest BCUT2D eigenvalue weighted by molar-refractivity contribution is 6.31. The number of aromatic nitrogens is 2. The second-order valence-electron chi connectivity index (χ2n) is 11.3. The van der Waals surface area contributed by atoms with E-state index in [4.69, 9.17) is 21.3 Å². The molecule has 2 heterocycles. The summed E-state index contributed by atoms with van der Waals surface area (Å²) in [7, 11) is 0. The number of aromatic amines is 1. The van der Waals surface area contributed by atoms with Crippen LogP contribution in [-0.2, 0) is 28.9 Å². The number of rotatable bonds is 14. The summed E-state index contributed by atoms with van der Waals surface area (Å²) in [5.41, 5.74) is 6.94. The van der Waals surface area contributed by atoms with Crippen LogP contribution in [0.3, 0.4) is 0 Å². The zero-order valence-corrected chi connectivity index (χ0v) is 25.2. The van der Waals surface area contributed by atoms with Crippen molar-refractivity contribution in [1.29, 1.82) is 0 Å². The van der Waals surface area contributed by atoms with Crippen molar-refractivity contribution < 1.29 is 14.3 Å². The van der Waals surface area contributed by atoms with Gasteiger partial charge in [0.2, 0.25) is 5.91 Å². The molecule has 0 spiro atoms. The predicted octanol–water partition coefficient (Wildman–Crippen LogP) is 7.68. The molecule has 4 aromatic rings. The van der Waals surface area contributed by atoms with Crippen LogP contribution in [-0.4, -0.2) is 34.9 Å². The maximum atomic E-state index is 12.4. The van der Waals surface area contributed by atoms with Crippen molar-refractivity contribution >= 4 is 51.0 Å². The molecule has 8 heteroatoms. The molecular formula is C34H41ClN4O3. The number of nitrogens with one attached hydrogen (secondary N) is 3. The molecule has 2 aromatic heterocycles. The molecule has 3 N–H and O–H groups in total. The Bertz CT molecular complexity index is 1550. The number of pyridine rings is 1. The highest BCUT2D eigenvalue weighted by Gasteiger charge is 2.18.